The Morgan fingerprint density at radius 3 is 2.65 bits per heavy atom. The number of nitrogens with zero attached hydrogens (tertiary/aromatic N) is 1. The highest BCUT2D eigenvalue weighted by atomic mass is 16.5. The number of unbranched alkanes of at least 4 members (excludes halogenated alkanes) is 1. The smallest absolute Gasteiger partial charge is 0.123 e. The fourth-order valence-electron chi connectivity index (χ4n) is 2.04. The lowest BCUT2D eigenvalue weighted by Gasteiger charge is -2.17. The van der Waals surface area contributed by atoms with Gasteiger partial charge in [-0.1, -0.05) is 38.5 Å². The molecule has 0 aliphatic carbocycles. The minimum Gasteiger partial charge on any atom is -0.492 e. The standard InChI is InChI=1S/C17H30N2O/c1-4-6-12-19(3)13-14-20-17-10-8-7-9-16(17)15-18-11-5-2/h7-10,18H,4-6,11-15H2,1-3H3. The van der Waals surface area contributed by atoms with Gasteiger partial charge in [0.2, 0.25) is 0 Å². The molecule has 3 heteroatoms. The first-order valence-electron chi connectivity index (χ1n) is 7.87. The molecule has 0 unspecified atom stereocenters. The van der Waals surface area contributed by atoms with Crippen LogP contribution in [-0.2, 0) is 6.54 Å². The summed E-state index contributed by atoms with van der Waals surface area (Å²) in [5.41, 5.74) is 1.25. The van der Waals surface area contributed by atoms with E-state index in [9.17, 15) is 0 Å². The monoisotopic (exact) mass is 278 g/mol. The normalized spacial score (nSPS) is 11.0. The number of rotatable bonds is 11. The van der Waals surface area contributed by atoms with Gasteiger partial charge in [-0.25, -0.2) is 0 Å². The molecule has 20 heavy (non-hydrogen) atoms. The zero-order chi connectivity index (χ0) is 14.6. The molecule has 0 atom stereocenters. The lowest BCUT2D eigenvalue weighted by molar-refractivity contribution is 0.234. The summed E-state index contributed by atoms with van der Waals surface area (Å²) in [6.07, 6.45) is 3.66. The van der Waals surface area contributed by atoms with Gasteiger partial charge in [-0.15, -0.1) is 0 Å². The van der Waals surface area contributed by atoms with E-state index in [0.29, 0.717) is 0 Å². The Balaban J connectivity index is 2.35. The van der Waals surface area contributed by atoms with Crippen LogP contribution in [0, 0.1) is 0 Å². The minimum atomic E-state index is 0.755. The highest BCUT2D eigenvalue weighted by molar-refractivity contribution is 5.33. The summed E-state index contributed by atoms with van der Waals surface area (Å²) in [7, 11) is 2.16. The second kappa shape index (κ2) is 10.7. The molecule has 0 saturated heterocycles. The van der Waals surface area contributed by atoms with E-state index in [0.717, 1.165) is 45.0 Å². The van der Waals surface area contributed by atoms with Crippen molar-refractivity contribution in [2.45, 2.75) is 39.7 Å². The maximum absolute atomic E-state index is 5.94. The number of para-hydroxylation sites is 1. The Hall–Kier alpha value is -1.06. The SMILES string of the molecule is CCCCN(C)CCOc1ccccc1CNCCC. The van der Waals surface area contributed by atoms with Gasteiger partial charge in [0.05, 0.1) is 0 Å². The van der Waals surface area contributed by atoms with E-state index in [1.807, 2.05) is 6.07 Å². The zero-order valence-corrected chi connectivity index (χ0v) is 13.3. The third-order valence-corrected chi connectivity index (χ3v) is 3.34. The van der Waals surface area contributed by atoms with Gasteiger partial charge in [-0.3, -0.25) is 0 Å². The summed E-state index contributed by atoms with van der Waals surface area (Å²) in [6, 6.07) is 8.32. The molecule has 0 amide bonds. The first-order valence-corrected chi connectivity index (χ1v) is 7.87. The average molecular weight is 278 g/mol. The molecule has 0 spiro atoms. The third-order valence-electron chi connectivity index (χ3n) is 3.34. The number of hydrogen-bond acceptors (Lipinski definition) is 3. The first-order chi connectivity index (χ1) is 9.77. The van der Waals surface area contributed by atoms with Crippen LogP contribution < -0.4 is 10.1 Å². The molecule has 0 heterocycles. The van der Waals surface area contributed by atoms with Crippen molar-refractivity contribution < 1.29 is 4.74 Å². The number of hydrogen-bond donors (Lipinski definition) is 1. The van der Waals surface area contributed by atoms with Gasteiger partial charge in [0.25, 0.3) is 0 Å². The molecule has 0 bridgehead atoms. The van der Waals surface area contributed by atoms with Crippen molar-refractivity contribution in [3.8, 4) is 5.75 Å². The topological polar surface area (TPSA) is 24.5 Å². The summed E-state index contributed by atoms with van der Waals surface area (Å²) in [5.74, 6) is 1.01. The van der Waals surface area contributed by atoms with Crippen LogP contribution in [0.5, 0.6) is 5.75 Å². The molecule has 0 aromatic heterocycles. The van der Waals surface area contributed by atoms with Gasteiger partial charge in [-0.2, -0.15) is 0 Å². The van der Waals surface area contributed by atoms with Crippen LogP contribution in [0.2, 0.25) is 0 Å². The highest BCUT2D eigenvalue weighted by Gasteiger charge is 2.03. The minimum absolute atomic E-state index is 0.755. The van der Waals surface area contributed by atoms with Gasteiger partial charge in [-0.05, 0) is 39.0 Å². The molecule has 0 aliphatic rings. The van der Waals surface area contributed by atoms with E-state index in [1.54, 1.807) is 0 Å². The molecular weight excluding hydrogens is 248 g/mol. The van der Waals surface area contributed by atoms with E-state index in [2.05, 4.69) is 49.3 Å². The van der Waals surface area contributed by atoms with E-state index < -0.39 is 0 Å². The number of nitrogens with one attached hydrogen (secondary N) is 1. The van der Waals surface area contributed by atoms with Crippen molar-refractivity contribution in [2.75, 3.05) is 33.3 Å². The van der Waals surface area contributed by atoms with Crippen molar-refractivity contribution in [2.24, 2.45) is 0 Å². The molecule has 1 N–H and O–H groups in total. The summed E-state index contributed by atoms with van der Waals surface area (Å²) < 4.78 is 5.94. The number of likely N-dealkylation sites (N-methyl/N-ethyl adjacent to an activating group) is 1. The van der Waals surface area contributed by atoms with Crippen molar-refractivity contribution in [1.82, 2.24) is 10.2 Å². The quantitative estimate of drug-likeness (QED) is 0.629. The molecule has 0 aliphatic heterocycles. The number of ether oxygens (including phenoxy) is 1. The summed E-state index contributed by atoms with van der Waals surface area (Å²) in [6.45, 7) is 9.23. The van der Waals surface area contributed by atoms with Crippen LogP contribution in [0.4, 0.5) is 0 Å². The predicted octanol–water partition coefficient (Wildman–Crippen LogP) is 3.30. The first kappa shape index (κ1) is 17.0. The largest absolute Gasteiger partial charge is 0.492 e. The van der Waals surface area contributed by atoms with E-state index in [4.69, 9.17) is 4.74 Å². The highest BCUT2D eigenvalue weighted by Crippen LogP contribution is 2.17. The van der Waals surface area contributed by atoms with Crippen LogP contribution in [0.15, 0.2) is 24.3 Å². The van der Waals surface area contributed by atoms with Crippen LogP contribution >= 0.6 is 0 Å². The fourth-order valence-corrected chi connectivity index (χ4v) is 2.04. The molecule has 1 rings (SSSR count). The second-order valence-corrected chi connectivity index (χ2v) is 5.29. The van der Waals surface area contributed by atoms with Crippen molar-refractivity contribution >= 4 is 0 Å². The van der Waals surface area contributed by atoms with Gasteiger partial charge in [0.1, 0.15) is 12.4 Å². The molecule has 1 aromatic carbocycles. The average Bonchev–Trinajstić information content (AvgIpc) is 2.47. The van der Waals surface area contributed by atoms with Crippen molar-refractivity contribution in [1.29, 1.82) is 0 Å². The lowest BCUT2D eigenvalue weighted by atomic mass is 10.2. The Morgan fingerprint density at radius 1 is 1.10 bits per heavy atom. The van der Waals surface area contributed by atoms with Crippen LogP contribution in [0.3, 0.4) is 0 Å². The summed E-state index contributed by atoms with van der Waals surface area (Å²) in [4.78, 5) is 2.33. The van der Waals surface area contributed by atoms with Crippen molar-refractivity contribution in [3.63, 3.8) is 0 Å². The third kappa shape index (κ3) is 6.92. The van der Waals surface area contributed by atoms with E-state index >= 15 is 0 Å². The van der Waals surface area contributed by atoms with Crippen LogP contribution in [-0.4, -0.2) is 38.2 Å². The molecule has 3 nitrogen and oxygen atoms in total. The molecular formula is C17H30N2O. The van der Waals surface area contributed by atoms with Gasteiger partial charge >= 0.3 is 0 Å². The maximum atomic E-state index is 5.94. The Kier molecular flexibility index (Phi) is 9.09. The lowest BCUT2D eigenvalue weighted by Crippen LogP contribution is -2.25. The van der Waals surface area contributed by atoms with E-state index in [-0.39, 0.29) is 0 Å². The molecule has 1 aromatic rings. The van der Waals surface area contributed by atoms with Crippen molar-refractivity contribution in [3.05, 3.63) is 29.8 Å². The predicted molar refractivity (Wildman–Crippen MR) is 86.3 cm³/mol. The Morgan fingerprint density at radius 2 is 1.90 bits per heavy atom. The zero-order valence-electron chi connectivity index (χ0n) is 13.3. The number of benzene rings is 1. The molecule has 0 fully saturated rings. The summed E-state index contributed by atoms with van der Waals surface area (Å²) >= 11 is 0. The molecule has 114 valence electrons. The van der Waals surface area contributed by atoms with E-state index in [1.165, 1.54) is 18.4 Å². The molecule has 0 radical (unpaired) electrons. The Labute approximate surface area is 124 Å². The maximum Gasteiger partial charge on any atom is 0.123 e. The van der Waals surface area contributed by atoms with Gasteiger partial charge in [0.15, 0.2) is 0 Å². The van der Waals surface area contributed by atoms with Crippen LogP contribution in [0.25, 0.3) is 0 Å². The van der Waals surface area contributed by atoms with Gasteiger partial charge < -0.3 is 15.0 Å². The fraction of sp³-hybridized carbons (Fsp3) is 0.647. The second-order valence-electron chi connectivity index (χ2n) is 5.29. The van der Waals surface area contributed by atoms with Crippen LogP contribution in [0.1, 0.15) is 38.7 Å². The molecule has 0 saturated carbocycles. The summed E-state index contributed by atoms with van der Waals surface area (Å²) in [5, 5.41) is 3.43. The Bertz CT molecular complexity index is 355. The van der Waals surface area contributed by atoms with Gasteiger partial charge in [0, 0.05) is 18.7 Å².